The van der Waals surface area contributed by atoms with Crippen molar-refractivity contribution in [3.63, 3.8) is 0 Å². The fourth-order valence-corrected chi connectivity index (χ4v) is 4.36. The molecule has 0 spiro atoms. The van der Waals surface area contributed by atoms with Crippen LogP contribution in [0.25, 0.3) is 0 Å². The van der Waals surface area contributed by atoms with Crippen molar-refractivity contribution < 1.29 is 19.1 Å². The van der Waals surface area contributed by atoms with Gasteiger partial charge in [0, 0.05) is 39.1 Å². The van der Waals surface area contributed by atoms with Crippen LogP contribution in [0, 0.1) is 11.8 Å². The second-order valence-corrected chi connectivity index (χ2v) is 7.73. The third-order valence-electron chi connectivity index (χ3n) is 5.95. The van der Waals surface area contributed by atoms with Crippen LogP contribution in [0.2, 0.25) is 0 Å². The number of rotatable bonds is 4. The van der Waals surface area contributed by atoms with Crippen LogP contribution in [0.4, 0.5) is 4.79 Å². The Labute approximate surface area is 165 Å². The molecule has 7 heteroatoms. The van der Waals surface area contributed by atoms with Crippen LogP contribution < -0.4 is 14.8 Å². The SMILES string of the molecule is C=CCNC(=O)N1CC[C@H]2CC(=O)N(Cc3ccc4c(c3)OCO4)CC[C@H]2C1. The molecule has 1 aromatic carbocycles. The molecule has 0 bridgehead atoms. The van der Waals surface area contributed by atoms with Gasteiger partial charge in [-0.25, -0.2) is 4.79 Å². The molecule has 1 aromatic rings. The summed E-state index contributed by atoms with van der Waals surface area (Å²) in [5.41, 5.74) is 1.05. The van der Waals surface area contributed by atoms with Gasteiger partial charge in [-0.3, -0.25) is 4.79 Å². The van der Waals surface area contributed by atoms with E-state index in [1.807, 2.05) is 28.0 Å². The van der Waals surface area contributed by atoms with Gasteiger partial charge in [0.05, 0.1) is 0 Å². The van der Waals surface area contributed by atoms with Gasteiger partial charge in [0.15, 0.2) is 11.5 Å². The van der Waals surface area contributed by atoms with Crippen molar-refractivity contribution in [2.24, 2.45) is 11.8 Å². The molecule has 3 aliphatic heterocycles. The number of carbonyl (C=O) groups excluding carboxylic acids is 2. The quantitative estimate of drug-likeness (QED) is 0.808. The maximum Gasteiger partial charge on any atom is 0.317 e. The molecule has 150 valence electrons. The highest BCUT2D eigenvalue weighted by Crippen LogP contribution is 2.35. The molecular weight excluding hydrogens is 358 g/mol. The van der Waals surface area contributed by atoms with Gasteiger partial charge >= 0.3 is 6.03 Å². The van der Waals surface area contributed by atoms with E-state index in [1.165, 1.54) is 0 Å². The lowest BCUT2D eigenvalue weighted by Crippen LogP contribution is -2.48. The molecule has 1 N–H and O–H groups in total. The van der Waals surface area contributed by atoms with E-state index < -0.39 is 0 Å². The summed E-state index contributed by atoms with van der Waals surface area (Å²) in [6.45, 7) is 7.09. The number of piperidine rings is 1. The van der Waals surface area contributed by atoms with E-state index in [2.05, 4.69) is 11.9 Å². The zero-order valence-electron chi connectivity index (χ0n) is 16.1. The summed E-state index contributed by atoms with van der Waals surface area (Å²) in [4.78, 5) is 28.9. The first kappa shape index (κ1) is 18.7. The molecule has 3 heterocycles. The number of hydrogen-bond acceptors (Lipinski definition) is 4. The molecular formula is C21H27N3O4. The molecule has 0 unspecified atom stereocenters. The summed E-state index contributed by atoms with van der Waals surface area (Å²) in [5.74, 6) is 2.43. The Morgan fingerprint density at radius 1 is 1.21 bits per heavy atom. The molecule has 7 nitrogen and oxygen atoms in total. The van der Waals surface area contributed by atoms with Crippen molar-refractivity contribution in [2.75, 3.05) is 33.0 Å². The fourth-order valence-electron chi connectivity index (χ4n) is 4.36. The van der Waals surface area contributed by atoms with Gasteiger partial charge in [-0.1, -0.05) is 12.1 Å². The number of nitrogens with zero attached hydrogens (tertiary/aromatic N) is 2. The van der Waals surface area contributed by atoms with E-state index >= 15 is 0 Å². The Hall–Kier alpha value is -2.70. The number of nitrogens with one attached hydrogen (secondary N) is 1. The standard InChI is InChI=1S/C21H27N3O4/c1-2-7-22-21(26)24-9-5-16-11-20(25)23(8-6-17(16)13-24)12-15-3-4-18-19(10-15)28-14-27-18/h2-4,10,16-17H,1,5-9,11-14H2,(H,22,26)/t16-,17-/m0/s1. The van der Waals surface area contributed by atoms with Crippen molar-refractivity contribution in [1.29, 1.82) is 0 Å². The van der Waals surface area contributed by atoms with Crippen molar-refractivity contribution in [3.05, 3.63) is 36.4 Å². The van der Waals surface area contributed by atoms with Crippen LogP contribution >= 0.6 is 0 Å². The minimum Gasteiger partial charge on any atom is -0.454 e. The van der Waals surface area contributed by atoms with Crippen LogP contribution in [0.3, 0.4) is 0 Å². The van der Waals surface area contributed by atoms with Crippen molar-refractivity contribution in [3.8, 4) is 11.5 Å². The summed E-state index contributed by atoms with van der Waals surface area (Å²) in [7, 11) is 0. The van der Waals surface area contributed by atoms with Gasteiger partial charge in [-0.05, 0) is 42.4 Å². The van der Waals surface area contributed by atoms with Gasteiger partial charge in [0.25, 0.3) is 0 Å². The highest BCUT2D eigenvalue weighted by Gasteiger charge is 2.36. The predicted octanol–water partition coefficient (Wildman–Crippen LogP) is 2.37. The summed E-state index contributed by atoms with van der Waals surface area (Å²) < 4.78 is 10.8. The van der Waals surface area contributed by atoms with Crippen molar-refractivity contribution in [2.45, 2.75) is 25.8 Å². The van der Waals surface area contributed by atoms with Gasteiger partial charge in [0.2, 0.25) is 12.7 Å². The van der Waals surface area contributed by atoms with E-state index in [9.17, 15) is 9.59 Å². The lowest BCUT2D eigenvalue weighted by atomic mass is 9.82. The molecule has 2 fully saturated rings. The third kappa shape index (κ3) is 3.93. The number of benzene rings is 1. The van der Waals surface area contributed by atoms with Crippen LogP contribution in [0.5, 0.6) is 11.5 Å². The number of amides is 3. The Morgan fingerprint density at radius 3 is 2.89 bits per heavy atom. The monoisotopic (exact) mass is 385 g/mol. The van der Waals surface area contributed by atoms with E-state index in [4.69, 9.17) is 9.47 Å². The largest absolute Gasteiger partial charge is 0.454 e. The topological polar surface area (TPSA) is 71.1 Å². The number of hydrogen-bond donors (Lipinski definition) is 1. The normalized spacial score (nSPS) is 23.8. The lowest BCUT2D eigenvalue weighted by Gasteiger charge is -2.37. The van der Waals surface area contributed by atoms with E-state index in [0.717, 1.165) is 43.0 Å². The first-order chi connectivity index (χ1) is 13.6. The van der Waals surface area contributed by atoms with E-state index in [-0.39, 0.29) is 18.7 Å². The minimum absolute atomic E-state index is 0.0360. The highest BCUT2D eigenvalue weighted by molar-refractivity contribution is 5.77. The Kier molecular flexibility index (Phi) is 5.41. The molecule has 0 aliphatic carbocycles. The van der Waals surface area contributed by atoms with Crippen molar-refractivity contribution in [1.82, 2.24) is 15.1 Å². The van der Waals surface area contributed by atoms with Gasteiger partial charge in [-0.15, -0.1) is 6.58 Å². The zero-order valence-corrected chi connectivity index (χ0v) is 16.1. The number of ether oxygens (including phenoxy) is 2. The summed E-state index contributed by atoms with van der Waals surface area (Å²) in [6, 6.07) is 5.81. The summed E-state index contributed by atoms with van der Waals surface area (Å²) >= 11 is 0. The predicted molar refractivity (Wildman–Crippen MR) is 104 cm³/mol. The second kappa shape index (κ2) is 8.12. The molecule has 3 amide bonds. The minimum atomic E-state index is -0.0360. The number of fused-ring (bicyclic) bond motifs is 2. The molecule has 3 aliphatic rings. The van der Waals surface area contributed by atoms with Gasteiger partial charge in [-0.2, -0.15) is 0 Å². The third-order valence-corrected chi connectivity index (χ3v) is 5.95. The average Bonchev–Trinajstić information content (AvgIpc) is 3.11. The number of likely N-dealkylation sites (tertiary alicyclic amines) is 2. The first-order valence-corrected chi connectivity index (χ1v) is 9.94. The van der Waals surface area contributed by atoms with Crippen LogP contribution in [0.15, 0.2) is 30.9 Å². The highest BCUT2D eigenvalue weighted by atomic mass is 16.7. The fraction of sp³-hybridized carbons (Fsp3) is 0.524. The number of carbonyl (C=O) groups is 2. The Balaban J connectivity index is 1.38. The molecule has 0 saturated carbocycles. The molecule has 0 radical (unpaired) electrons. The lowest BCUT2D eigenvalue weighted by molar-refractivity contribution is -0.132. The van der Waals surface area contributed by atoms with Crippen LogP contribution in [-0.4, -0.2) is 54.7 Å². The molecule has 2 saturated heterocycles. The second-order valence-electron chi connectivity index (χ2n) is 7.73. The molecule has 4 rings (SSSR count). The molecule has 0 aromatic heterocycles. The first-order valence-electron chi connectivity index (χ1n) is 9.94. The average molecular weight is 385 g/mol. The van der Waals surface area contributed by atoms with Gasteiger partial charge in [0.1, 0.15) is 0 Å². The maximum atomic E-state index is 12.8. The summed E-state index contributed by atoms with van der Waals surface area (Å²) in [5, 5.41) is 2.85. The van der Waals surface area contributed by atoms with Crippen LogP contribution in [-0.2, 0) is 11.3 Å². The van der Waals surface area contributed by atoms with E-state index in [1.54, 1.807) is 6.08 Å². The maximum absolute atomic E-state index is 12.8. The smallest absolute Gasteiger partial charge is 0.317 e. The Bertz CT molecular complexity index is 766. The van der Waals surface area contributed by atoms with E-state index in [0.29, 0.717) is 37.9 Å². The Morgan fingerprint density at radius 2 is 2.04 bits per heavy atom. The van der Waals surface area contributed by atoms with Crippen molar-refractivity contribution >= 4 is 11.9 Å². The van der Waals surface area contributed by atoms with Crippen LogP contribution in [0.1, 0.15) is 24.8 Å². The zero-order chi connectivity index (χ0) is 19.5. The number of urea groups is 1. The van der Waals surface area contributed by atoms with Gasteiger partial charge < -0.3 is 24.6 Å². The molecule has 2 atom stereocenters. The summed E-state index contributed by atoms with van der Waals surface area (Å²) in [6.07, 6.45) is 4.06. The molecule has 28 heavy (non-hydrogen) atoms.